The van der Waals surface area contributed by atoms with Crippen molar-refractivity contribution in [1.82, 2.24) is 0 Å². The summed E-state index contributed by atoms with van der Waals surface area (Å²) in [5.74, 6) is 0. The molecule has 0 aromatic heterocycles. The second kappa shape index (κ2) is 11.4. The maximum atomic E-state index is 2.55. The summed E-state index contributed by atoms with van der Waals surface area (Å²) in [6, 6.07) is 49.9. The molecule has 2 aliphatic carbocycles. The average Bonchev–Trinajstić information content (AvgIpc) is 3.46. The van der Waals surface area contributed by atoms with E-state index in [9.17, 15) is 0 Å². The third-order valence-corrected chi connectivity index (χ3v) is 15.2. The summed E-state index contributed by atoms with van der Waals surface area (Å²) in [6.07, 6.45) is 2.55. The van der Waals surface area contributed by atoms with Crippen molar-refractivity contribution in [2.24, 2.45) is 0 Å². The molecule has 0 heterocycles. The summed E-state index contributed by atoms with van der Waals surface area (Å²) < 4.78 is 1.13. The molecule has 0 aliphatic heterocycles. The Morgan fingerprint density at radius 1 is 0.447 bits per heavy atom. The second-order valence-electron chi connectivity index (χ2n) is 9.41. The molecule has 0 amide bonds. The number of allylic oxidation sites excluding steroid dienone is 1. The van der Waals surface area contributed by atoms with E-state index in [-0.39, 0.29) is 9.41 Å². The van der Waals surface area contributed by atoms with Crippen molar-refractivity contribution in [3.63, 3.8) is 0 Å². The number of rotatable bonds is 5. The number of benzene rings is 5. The standard InChI is InChI=1S/C21H16P.C13H9.2FH.Zr/c1-3-11-19(12-4-1)22(20-13-5-2-6-14-20)21-15-17-9-7-8-10-18(17)16-21;1-3-7-12-10(5-1)9-11-6-2-4-8-13(11)12;;;/h1-16H;1-9H;2*1H;/q;;;;+2/p-2. The normalized spacial score (nSPS) is 14.9. The topological polar surface area (TPSA) is 0 Å². The molecular formula is C34H25F2PZr. The van der Waals surface area contributed by atoms with Gasteiger partial charge < -0.3 is 9.41 Å². The van der Waals surface area contributed by atoms with Crippen molar-refractivity contribution >= 4 is 24.6 Å². The SMILES string of the molecule is C1=C(P(c2ccccc2)c2ccccc2)[CH]([Zr+2][CH]2c3ccccc3-c3ccccc32)c2ccccc21.[F-].[F-]. The third-order valence-electron chi connectivity index (χ3n) is 7.36. The van der Waals surface area contributed by atoms with Gasteiger partial charge in [-0.05, 0) is 0 Å². The Morgan fingerprint density at radius 3 is 1.45 bits per heavy atom. The van der Waals surface area contributed by atoms with Gasteiger partial charge in [-0.3, -0.25) is 0 Å². The third kappa shape index (κ3) is 4.57. The first-order chi connectivity index (χ1) is 17.9. The first kappa shape index (κ1) is 26.6. The molecule has 4 heteroatoms. The molecule has 2 aliphatic rings. The van der Waals surface area contributed by atoms with Crippen LogP contribution in [0.4, 0.5) is 0 Å². The van der Waals surface area contributed by atoms with Gasteiger partial charge in [0.05, 0.1) is 0 Å². The summed E-state index contributed by atoms with van der Waals surface area (Å²) in [7, 11) is -0.589. The van der Waals surface area contributed by atoms with E-state index in [1.54, 1.807) is 22.0 Å². The van der Waals surface area contributed by atoms with Crippen molar-refractivity contribution in [2.75, 3.05) is 0 Å². The van der Waals surface area contributed by atoms with Crippen molar-refractivity contribution in [1.29, 1.82) is 0 Å². The van der Waals surface area contributed by atoms with Gasteiger partial charge in [-0.2, -0.15) is 0 Å². The molecule has 5 aromatic rings. The van der Waals surface area contributed by atoms with E-state index in [0.717, 1.165) is 0 Å². The van der Waals surface area contributed by atoms with Crippen molar-refractivity contribution in [3.8, 4) is 11.1 Å². The molecule has 0 nitrogen and oxygen atoms in total. The van der Waals surface area contributed by atoms with Gasteiger partial charge in [0.25, 0.3) is 0 Å². The number of fused-ring (bicyclic) bond motifs is 4. The molecule has 0 bridgehead atoms. The Labute approximate surface area is 235 Å². The molecule has 0 radical (unpaired) electrons. The predicted octanol–water partition coefficient (Wildman–Crippen LogP) is 2.08. The van der Waals surface area contributed by atoms with Crippen LogP contribution < -0.4 is 20.0 Å². The zero-order valence-electron chi connectivity index (χ0n) is 20.6. The maximum Gasteiger partial charge on any atom is -1.00 e. The van der Waals surface area contributed by atoms with Gasteiger partial charge in [0.2, 0.25) is 0 Å². The summed E-state index contributed by atoms with van der Waals surface area (Å²) in [4.78, 5) is 0. The molecule has 1 atom stereocenters. The average molecular weight is 594 g/mol. The smallest absolute Gasteiger partial charge is 1.00 e. The van der Waals surface area contributed by atoms with Gasteiger partial charge in [-0.15, -0.1) is 0 Å². The van der Waals surface area contributed by atoms with E-state index in [1.807, 2.05) is 0 Å². The van der Waals surface area contributed by atoms with Crippen LogP contribution in [0.3, 0.4) is 0 Å². The Balaban J connectivity index is 0.00000147. The van der Waals surface area contributed by atoms with E-state index < -0.39 is 31.2 Å². The van der Waals surface area contributed by atoms with Crippen molar-refractivity contribution < 1.29 is 32.6 Å². The Bertz CT molecular complexity index is 1500. The van der Waals surface area contributed by atoms with Crippen LogP contribution in [-0.4, -0.2) is 0 Å². The zero-order chi connectivity index (χ0) is 23.9. The van der Waals surface area contributed by atoms with Crippen molar-refractivity contribution in [3.05, 3.63) is 161 Å². The van der Waals surface area contributed by atoms with Gasteiger partial charge in [0.1, 0.15) is 0 Å². The van der Waals surface area contributed by atoms with Gasteiger partial charge in [0, 0.05) is 0 Å². The predicted molar refractivity (Wildman–Crippen MR) is 150 cm³/mol. The summed E-state index contributed by atoms with van der Waals surface area (Å²) in [6.45, 7) is 0. The van der Waals surface area contributed by atoms with E-state index in [0.29, 0.717) is 7.25 Å². The van der Waals surface area contributed by atoms with E-state index >= 15 is 0 Å². The Morgan fingerprint density at radius 2 is 0.895 bits per heavy atom. The molecule has 38 heavy (non-hydrogen) atoms. The Kier molecular flexibility index (Phi) is 7.99. The number of hydrogen-bond donors (Lipinski definition) is 0. The fourth-order valence-corrected chi connectivity index (χ4v) is 14.3. The van der Waals surface area contributed by atoms with Crippen LogP contribution in [0.2, 0.25) is 0 Å². The second-order valence-corrected chi connectivity index (χ2v) is 15.3. The first-order valence-electron chi connectivity index (χ1n) is 12.5. The Hall–Kier alpha value is -2.99. The molecule has 0 saturated carbocycles. The fourth-order valence-electron chi connectivity index (χ4n) is 5.78. The number of halogens is 2. The van der Waals surface area contributed by atoms with Crippen LogP contribution >= 0.6 is 7.92 Å². The molecular weight excluding hydrogens is 569 g/mol. The van der Waals surface area contributed by atoms with Gasteiger partial charge >= 0.3 is 227 Å². The van der Waals surface area contributed by atoms with Gasteiger partial charge in [0.15, 0.2) is 0 Å². The number of hydrogen-bond acceptors (Lipinski definition) is 0. The van der Waals surface area contributed by atoms with Crippen LogP contribution in [0.15, 0.2) is 139 Å². The first-order valence-corrected chi connectivity index (χ1v) is 16.7. The van der Waals surface area contributed by atoms with Crippen LogP contribution in [0, 0.1) is 0 Å². The van der Waals surface area contributed by atoms with Crippen LogP contribution in [0.1, 0.15) is 29.5 Å². The largest absolute Gasteiger partial charge is 1.00 e. The van der Waals surface area contributed by atoms with E-state index in [2.05, 4.69) is 140 Å². The van der Waals surface area contributed by atoms with Gasteiger partial charge in [-0.1, -0.05) is 0 Å². The molecule has 0 spiro atoms. The minimum absolute atomic E-state index is 0. The molecule has 0 saturated heterocycles. The molecule has 1 unspecified atom stereocenters. The molecule has 5 aromatic carbocycles. The molecule has 0 N–H and O–H groups in total. The van der Waals surface area contributed by atoms with Crippen LogP contribution in [0.5, 0.6) is 0 Å². The fraction of sp³-hybridized carbons (Fsp3) is 0.0588. The van der Waals surface area contributed by atoms with Crippen LogP contribution in [-0.2, 0) is 23.2 Å². The van der Waals surface area contributed by atoms with E-state index in [4.69, 9.17) is 0 Å². The van der Waals surface area contributed by atoms with Crippen molar-refractivity contribution in [2.45, 2.75) is 7.25 Å². The monoisotopic (exact) mass is 592 g/mol. The minimum atomic E-state index is -0.996. The molecule has 7 rings (SSSR count). The maximum absolute atomic E-state index is 2.55. The summed E-state index contributed by atoms with van der Waals surface area (Å²) >= 11 is -0.996. The quantitative estimate of drug-likeness (QED) is 0.274. The van der Waals surface area contributed by atoms with E-state index in [1.165, 1.54) is 27.3 Å². The van der Waals surface area contributed by atoms with Gasteiger partial charge in [-0.25, -0.2) is 0 Å². The molecule has 184 valence electrons. The molecule has 0 fully saturated rings. The zero-order valence-corrected chi connectivity index (χ0v) is 24.0. The summed E-state index contributed by atoms with van der Waals surface area (Å²) in [5, 5.41) is 4.56. The van der Waals surface area contributed by atoms with Crippen LogP contribution in [0.25, 0.3) is 17.2 Å². The minimum Gasteiger partial charge on any atom is -1.00 e. The summed E-state index contributed by atoms with van der Waals surface area (Å²) in [5.41, 5.74) is 8.99.